The summed E-state index contributed by atoms with van der Waals surface area (Å²) in [5, 5.41) is 10.5. The predicted octanol–water partition coefficient (Wildman–Crippen LogP) is 0.726. The quantitative estimate of drug-likeness (QED) is 0.400. The van der Waals surface area contributed by atoms with Crippen LogP contribution in [0.1, 0.15) is 0 Å². The van der Waals surface area contributed by atoms with E-state index in [9.17, 15) is 13.5 Å². The van der Waals surface area contributed by atoms with E-state index in [2.05, 4.69) is 0 Å². The molecule has 0 aliphatic carbocycles. The van der Waals surface area contributed by atoms with E-state index in [0.29, 0.717) is 16.5 Å². The van der Waals surface area contributed by atoms with Gasteiger partial charge in [-0.1, -0.05) is 0 Å². The minimum absolute atomic E-state index is 0. The van der Waals surface area contributed by atoms with Crippen LogP contribution in [0, 0.1) is 0 Å². The average Bonchev–Trinajstić information content (AvgIpc) is 2.15. The fourth-order valence-corrected chi connectivity index (χ4v) is 2.03. The third-order valence-corrected chi connectivity index (χ3v) is 3.06. The van der Waals surface area contributed by atoms with Crippen LogP contribution in [0.3, 0.4) is 0 Å². The van der Waals surface area contributed by atoms with Crippen molar-refractivity contribution in [1.82, 2.24) is 0 Å². The summed E-state index contributed by atoms with van der Waals surface area (Å²) in [6.45, 7) is 0. The van der Waals surface area contributed by atoms with Gasteiger partial charge in [0.1, 0.15) is 5.75 Å². The number of nitrogens with two attached hydrogens (primary N) is 1. The summed E-state index contributed by atoms with van der Waals surface area (Å²) >= 11 is 0. The number of hydrogen-bond acceptors (Lipinski definition) is 4. The molecule has 0 fully saturated rings. The molecule has 0 heterocycles. The minimum atomic E-state index is -4.33. The van der Waals surface area contributed by atoms with Crippen LogP contribution in [-0.4, -0.2) is 47.6 Å². The van der Waals surface area contributed by atoms with Gasteiger partial charge >= 0.3 is 29.6 Å². The van der Waals surface area contributed by atoms with Crippen molar-refractivity contribution >= 4 is 56.1 Å². The van der Waals surface area contributed by atoms with Crippen LogP contribution in [-0.2, 0) is 10.1 Å². The first-order valence-corrected chi connectivity index (χ1v) is 5.82. The van der Waals surface area contributed by atoms with E-state index in [1.807, 2.05) is 0 Å². The SMILES string of the molecule is Nc1ccc2c(O)cc(S(=O)(=O)O)cc2c1.[NaH]. The Bertz CT molecular complexity index is 669. The molecular formula is C10H10NNaO4S. The van der Waals surface area contributed by atoms with Gasteiger partial charge < -0.3 is 10.8 Å². The van der Waals surface area contributed by atoms with Crippen molar-refractivity contribution < 1.29 is 18.1 Å². The summed E-state index contributed by atoms with van der Waals surface area (Å²) in [6.07, 6.45) is 0. The second-order valence-electron chi connectivity index (χ2n) is 3.40. The number of phenolic OH excluding ortho intramolecular Hbond substituents is 1. The Kier molecular flexibility index (Phi) is 4.06. The number of hydrogen-bond donors (Lipinski definition) is 3. The van der Waals surface area contributed by atoms with Gasteiger partial charge in [0.15, 0.2) is 0 Å². The van der Waals surface area contributed by atoms with Crippen LogP contribution in [0.25, 0.3) is 10.8 Å². The third kappa shape index (κ3) is 2.91. The molecule has 86 valence electrons. The zero-order valence-corrected chi connectivity index (χ0v) is 8.90. The van der Waals surface area contributed by atoms with Gasteiger partial charge in [0.05, 0.1) is 4.90 Å². The van der Waals surface area contributed by atoms with Gasteiger partial charge in [-0.15, -0.1) is 0 Å². The molecule has 7 heteroatoms. The van der Waals surface area contributed by atoms with Gasteiger partial charge in [-0.3, -0.25) is 4.55 Å². The second kappa shape index (κ2) is 4.83. The zero-order chi connectivity index (χ0) is 11.9. The molecule has 0 aromatic heterocycles. The molecule has 0 atom stereocenters. The Balaban J connectivity index is 0.00000144. The number of fused-ring (bicyclic) bond motifs is 1. The molecule has 0 aliphatic heterocycles. The first-order chi connectivity index (χ1) is 7.38. The van der Waals surface area contributed by atoms with Crippen molar-refractivity contribution in [2.45, 2.75) is 4.90 Å². The number of rotatable bonds is 1. The number of anilines is 1. The maximum absolute atomic E-state index is 10.9. The molecule has 2 rings (SSSR count). The molecule has 2 aromatic rings. The molecule has 0 radical (unpaired) electrons. The fraction of sp³-hybridized carbons (Fsp3) is 0. The molecule has 0 saturated heterocycles. The Hall–Kier alpha value is -0.790. The van der Waals surface area contributed by atoms with E-state index >= 15 is 0 Å². The van der Waals surface area contributed by atoms with Crippen LogP contribution >= 0.6 is 0 Å². The van der Waals surface area contributed by atoms with E-state index in [4.69, 9.17) is 10.3 Å². The summed E-state index contributed by atoms with van der Waals surface area (Å²) in [5.74, 6) is -0.217. The van der Waals surface area contributed by atoms with Crippen molar-refractivity contribution in [3.63, 3.8) is 0 Å². The standard InChI is InChI=1S/C10H9NO4S.Na.H/c11-7-1-2-9-6(3-7)4-8(5-10(9)12)16(13,14)15;;/h1-5,12H,11H2,(H,13,14,15);;. The van der Waals surface area contributed by atoms with Crippen molar-refractivity contribution in [3.05, 3.63) is 30.3 Å². The molecule has 0 spiro atoms. The number of phenols is 1. The molecule has 0 amide bonds. The number of aromatic hydroxyl groups is 1. The van der Waals surface area contributed by atoms with E-state index in [1.54, 1.807) is 12.1 Å². The molecule has 0 saturated carbocycles. The fourth-order valence-electron chi connectivity index (χ4n) is 1.49. The predicted molar refractivity (Wildman–Crippen MR) is 67.0 cm³/mol. The molecule has 0 aliphatic rings. The van der Waals surface area contributed by atoms with Gasteiger partial charge in [0.25, 0.3) is 10.1 Å². The van der Waals surface area contributed by atoms with E-state index < -0.39 is 10.1 Å². The number of benzene rings is 2. The van der Waals surface area contributed by atoms with Crippen molar-refractivity contribution in [2.75, 3.05) is 5.73 Å². The normalized spacial score (nSPS) is 11.1. The van der Waals surface area contributed by atoms with Gasteiger partial charge in [-0.2, -0.15) is 8.42 Å². The molecule has 2 aromatic carbocycles. The maximum atomic E-state index is 10.9. The van der Waals surface area contributed by atoms with Crippen molar-refractivity contribution in [2.24, 2.45) is 0 Å². The molecule has 4 N–H and O–H groups in total. The summed E-state index contributed by atoms with van der Waals surface area (Å²) in [7, 11) is -4.33. The topological polar surface area (TPSA) is 101 Å². The molecule has 0 bridgehead atoms. The van der Waals surface area contributed by atoms with Gasteiger partial charge in [0.2, 0.25) is 0 Å². The van der Waals surface area contributed by atoms with Gasteiger partial charge in [-0.05, 0) is 29.7 Å². The summed E-state index contributed by atoms with van der Waals surface area (Å²) < 4.78 is 30.7. The second-order valence-corrected chi connectivity index (χ2v) is 4.82. The molecule has 17 heavy (non-hydrogen) atoms. The van der Waals surface area contributed by atoms with Crippen LogP contribution < -0.4 is 5.73 Å². The Labute approximate surface area is 120 Å². The van der Waals surface area contributed by atoms with Crippen LogP contribution in [0.15, 0.2) is 35.2 Å². The van der Waals surface area contributed by atoms with Crippen LogP contribution in [0.4, 0.5) is 5.69 Å². The summed E-state index contributed by atoms with van der Waals surface area (Å²) in [4.78, 5) is -0.358. The first kappa shape index (κ1) is 14.3. The van der Waals surface area contributed by atoms with E-state index in [-0.39, 0.29) is 40.2 Å². The Morgan fingerprint density at radius 3 is 2.35 bits per heavy atom. The summed E-state index contributed by atoms with van der Waals surface area (Å²) in [5.41, 5.74) is 5.98. The molecular weight excluding hydrogens is 253 g/mol. The van der Waals surface area contributed by atoms with Crippen molar-refractivity contribution in [1.29, 1.82) is 0 Å². The Morgan fingerprint density at radius 2 is 1.76 bits per heavy atom. The average molecular weight is 263 g/mol. The number of nitrogen functional groups attached to an aromatic ring is 1. The van der Waals surface area contributed by atoms with Gasteiger partial charge in [-0.25, -0.2) is 0 Å². The third-order valence-electron chi connectivity index (χ3n) is 2.23. The van der Waals surface area contributed by atoms with E-state index in [0.717, 1.165) is 6.07 Å². The van der Waals surface area contributed by atoms with Crippen molar-refractivity contribution in [3.8, 4) is 5.75 Å². The van der Waals surface area contributed by atoms with Crippen LogP contribution in [0.2, 0.25) is 0 Å². The van der Waals surface area contributed by atoms with Gasteiger partial charge in [0, 0.05) is 17.1 Å². The molecule has 5 nitrogen and oxygen atoms in total. The monoisotopic (exact) mass is 263 g/mol. The first-order valence-electron chi connectivity index (χ1n) is 4.38. The zero-order valence-electron chi connectivity index (χ0n) is 8.08. The van der Waals surface area contributed by atoms with E-state index in [1.165, 1.54) is 12.1 Å². The molecule has 0 unspecified atom stereocenters. The van der Waals surface area contributed by atoms with Crippen LogP contribution in [0.5, 0.6) is 5.75 Å². The Morgan fingerprint density at radius 1 is 1.12 bits per heavy atom. The summed E-state index contributed by atoms with van der Waals surface area (Å²) in [6, 6.07) is 6.93.